The van der Waals surface area contributed by atoms with Gasteiger partial charge in [-0.2, -0.15) is 0 Å². The molecule has 0 atom stereocenters. The van der Waals surface area contributed by atoms with Crippen molar-refractivity contribution in [1.29, 1.82) is 0 Å². The molecule has 5 heteroatoms. The van der Waals surface area contributed by atoms with Crippen LogP contribution in [0.1, 0.15) is 12.0 Å². The number of hydrogen-bond acceptors (Lipinski definition) is 5. The number of guanidine groups is 1. The van der Waals surface area contributed by atoms with E-state index in [1.165, 1.54) is 0 Å². The third-order valence-electron chi connectivity index (χ3n) is 2.79. The Labute approximate surface area is 99.8 Å². The van der Waals surface area contributed by atoms with Gasteiger partial charge in [-0.1, -0.05) is 6.07 Å². The molecule has 3 rings (SSSR count). The summed E-state index contributed by atoms with van der Waals surface area (Å²) in [7, 11) is 0. The maximum atomic E-state index is 5.34. The first-order valence-corrected chi connectivity index (χ1v) is 5.82. The average molecular weight is 233 g/mol. The van der Waals surface area contributed by atoms with Crippen molar-refractivity contribution in [1.82, 2.24) is 10.6 Å². The van der Waals surface area contributed by atoms with E-state index in [0.29, 0.717) is 6.79 Å². The molecule has 5 nitrogen and oxygen atoms in total. The molecule has 17 heavy (non-hydrogen) atoms. The van der Waals surface area contributed by atoms with E-state index in [0.717, 1.165) is 49.1 Å². The van der Waals surface area contributed by atoms with Crippen molar-refractivity contribution in [3.05, 3.63) is 23.8 Å². The second-order valence-electron chi connectivity index (χ2n) is 4.05. The van der Waals surface area contributed by atoms with Gasteiger partial charge in [-0.05, 0) is 24.1 Å². The van der Waals surface area contributed by atoms with Crippen LogP contribution < -0.4 is 20.1 Å². The number of hydrogen-bond donors (Lipinski definition) is 2. The van der Waals surface area contributed by atoms with Gasteiger partial charge in [0.2, 0.25) is 6.79 Å². The fourth-order valence-corrected chi connectivity index (χ4v) is 1.89. The van der Waals surface area contributed by atoms with Gasteiger partial charge in [0.05, 0.1) is 0 Å². The first-order chi connectivity index (χ1) is 8.42. The molecule has 1 aromatic rings. The number of nitrogens with one attached hydrogen (secondary N) is 2. The minimum absolute atomic E-state index is 0.320. The second kappa shape index (κ2) is 4.53. The van der Waals surface area contributed by atoms with Crippen molar-refractivity contribution in [2.24, 2.45) is 4.99 Å². The Morgan fingerprint density at radius 2 is 2.24 bits per heavy atom. The Morgan fingerprint density at radius 1 is 1.29 bits per heavy atom. The molecule has 2 aliphatic heterocycles. The van der Waals surface area contributed by atoms with Gasteiger partial charge < -0.3 is 20.1 Å². The van der Waals surface area contributed by atoms with Crippen LogP contribution in [0.2, 0.25) is 0 Å². The minimum atomic E-state index is 0.320. The van der Waals surface area contributed by atoms with Gasteiger partial charge in [-0.3, -0.25) is 4.99 Å². The molecule has 90 valence electrons. The van der Waals surface area contributed by atoms with E-state index in [4.69, 9.17) is 9.47 Å². The molecule has 0 aliphatic carbocycles. The lowest BCUT2D eigenvalue weighted by Gasteiger charge is -2.16. The molecule has 2 heterocycles. The van der Waals surface area contributed by atoms with E-state index >= 15 is 0 Å². The quantitative estimate of drug-likeness (QED) is 0.795. The van der Waals surface area contributed by atoms with Gasteiger partial charge in [0.25, 0.3) is 0 Å². The maximum Gasteiger partial charge on any atom is 0.231 e. The zero-order chi connectivity index (χ0) is 11.5. The number of rotatable bonds is 2. The molecule has 0 saturated carbocycles. The molecule has 2 aliphatic rings. The number of aliphatic imine (C=N–C) groups is 1. The molecular weight excluding hydrogens is 218 g/mol. The van der Waals surface area contributed by atoms with Crippen LogP contribution in [0.15, 0.2) is 23.2 Å². The Morgan fingerprint density at radius 3 is 3.12 bits per heavy atom. The summed E-state index contributed by atoms with van der Waals surface area (Å²) in [5, 5.41) is 6.50. The highest BCUT2D eigenvalue weighted by Crippen LogP contribution is 2.32. The van der Waals surface area contributed by atoms with Crippen molar-refractivity contribution < 1.29 is 9.47 Å². The van der Waals surface area contributed by atoms with Gasteiger partial charge >= 0.3 is 0 Å². The molecule has 0 bridgehead atoms. The Bertz CT molecular complexity index is 445. The smallest absolute Gasteiger partial charge is 0.231 e. The summed E-state index contributed by atoms with van der Waals surface area (Å²) in [5.74, 6) is 2.53. The number of ether oxygens (including phenoxy) is 2. The topological polar surface area (TPSA) is 54.9 Å². The van der Waals surface area contributed by atoms with Gasteiger partial charge in [0, 0.05) is 19.6 Å². The van der Waals surface area contributed by atoms with Crippen LogP contribution >= 0.6 is 0 Å². The van der Waals surface area contributed by atoms with Crippen LogP contribution in [0.25, 0.3) is 0 Å². The monoisotopic (exact) mass is 233 g/mol. The average Bonchev–Trinajstić information content (AvgIpc) is 2.85. The van der Waals surface area contributed by atoms with Crippen molar-refractivity contribution in [3.8, 4) is 11.5 Å². The first-order valence-electron chi connectivity index (χ1n) is 5.82. The van der Waals surface area contributed by atoms with Gasteiger partial charge in [0.15, 0.2) is 17.5 Å². The van der Waals surface area contributed by atoms with Crippen LogP contribution in [0.3, 0.4) is 0 Å². The van der Waals surface area contributed by atoms with Crippen LogP contribution in [0.4, 0.5) is 0 Å². The summed E-state index contributed by atoms with van der Waals surface area (Å²) < 4.78 is 10.6. The van der Waals surface area contributed by atoms with E-state index < -0.39 is 0 Å². The summed E-state index contributed by atoms with van der Waals surface area (Å²) >= 11 is 0. The minimum Gasteiger partial charge on any atom is -0.454 e. The van der Waals surface area contributed by atoms with Gasteiger partial charge in [-0.25, -0.2) is 0 Å². The van der Waals surface area contributed by atoms with Crippen LogP contribution in [0.5, 0.6) is 11.5 Å². The lowest BCUT2D eigenvalue weighted by Crippen LogP contribution is -2.40. The predicted molar refractivity (Wildman–Crippen MR) is 64.3 cm³/mol. The molecular formula is C12H15N3O2. The lowest BCUT2D eigenvalue weighted by atomic mass is 10.2. The molecule has 0 saturated heterocycles. The Balaban J connectivity index is 1.63. The van der Waals surface area contributed by atoms with E-state index in [2.05, 4.69) is 15.6 Å². The van der Waals surface area contributed by atoms with Gasteiger partial charge in [0.1, 0.15) is 0 Å². The van der Waals surface area contributed by atoms with Crippen molar-refractivity contribution in [3.63, 3.8) is 0 Å². The third-order valence-corrected chi connectivity index (χ3v) is 2.79. The van der Waals surface area contributed by atoms with Crippen LogP contribution in [0, 0.1) is 0 Å². The fourth-order valence-electron chi connectivity index (χ4n) is 1.89. The lowest BCUT2D eigenvalue weighted by molar-refractivity contribution is 0.174. The maximum absolute atomic E-state index is 5.34. The molecule has 0 radical (unpaired) electrons. The number of benzene rings is 1. The summed E-state index contributed by atoms with van der Waals surface area (Å²) in [4.78, 5) is 4.36. The Kier molecular flexibility index (Phi) is 2.73. The largest absolute Gasteiger partial charge is 0.454 e. The molecule has 0 fully saturated rings. The predicted octanol–water partition coefficient (Wildman–Crippen LogP) is 0.854. The molecule has 0 amide bonds. The van der Waals surface area contributed by atoms with Crippen molar-refractivity contribution >= 4 is 5.96 Å². The molecule has 2 N–H and O–H groups in total. The normalized spacial score (nSPS) is 17.3. The highest BCUT2D eigenvalue weighted by molar-refractivity contribution is 5.80. The summed E-state index contributed by atoms with van der Waals surface area (Å²) in [5.41, 5.74) is 1.16. The fraction of sp³-hybridized carbons (Fsp3) is 0.417. The third kappa shape index (κ3) is 2.27. The highest BCUT2D eigenvalue weighted by atomic mass is 16.7. The van der Waals surface area contributed by atoms with Gasteiger partial charge in [-0.15, -0.1) is 0 Å². The number of fused-ring (bicyclic) bond motifs is 1. The molecule has 0 unspecified atom stereocenters. The first kappa shape index (κ1) is 10.3. The van der Waals surface area contributed by atoms with E-state index in [1.54, 1.807) is 0 Å². The second-order valence-corrected chi connectivity index (χ2v) is 4.05. The standard InChI is InChI=1S/C12H15N3O2/c1-4-13-12(14-5-1)15-7-9-2-3-10-11(6-9)17-8-16-10/h2-3,6H,1,4-5,7-8H2,(H2,13,14,15). The zero-order valence-electron chi connectivity index (χ0n) is 9.53. The van der Waals surface area contributed by atoms with E-state index in [-0.39, 0.29) is 0 Å². The van der Waals surface area contributed by atoms with Crippen molar-refractivity contribution in [2.75, 3.05) is 19.9 Å². The Hall–Kier alpha value is -1.91. The zero-order valence-corrected chi connectivity index (χ0v) is 9.53. The summed E-state index contributed by atoms with van der Waals surface area (Å²) in [6, 6.07) is 5.97. The number of nitrogens with zero attached hydrogens (tertiary/aromatic N) is 1. The molecule has 0 aromatic heterocycles. The molecule has 1 aromatic carbocycles. The molecule has 0 spiro atoms. The summed E-state index contributed by atoms with van der Waals surface area (Å²) in [6.45, 7) is 2.95. The van der Waals surface area contributed by atoms with E-state index in [1.807, 2.05) is 18.2 Å². The SMILES string of the molecule is c1cc2c(cc1CNC1=NCCCN1)OCO2. The van der Waals surface area contributed by atoms with Crippen molar-refractivity contribution in [2.45, 2.75) is 13.0 Å². The van der Waals surface area contributed by atoms with E-state index in [9.17, 15) is 0 Å². The van der Waals surface area contributed by atoms with Crippen LogP contribution in [-0.2, 0) is 6.54 Å². The highest BCUT2D eigenvalue weighted by Gasteiger charge is 2.13. The summed E-state index contributed by atoms with van der Waals surface area (Å²) in [6.07, 6.45) is 1.11. The van der Waals surface area contributed by atoms with Crippen LogP contribution in [-0.4, -0.2) is 25.8 Å².